The third-order valence-corrected chi connectivity index (χ3v) is 3.49. The highest BCUT2D eigenvalue weighted by Gasteiger charge is 2.09. The van der Waals surface area contributed by atoms with Crippen molar-refractivity contribution in [3.05, 3.63) is 58.8 Å². The maximum atomic E-state index is 12.8. The molecule has 1 amide bonds. The molecule has 0 spiro atoms. The van der Waals surface area contributed by atoms with Gasteiger partial charge in [-0.1, -0.05) is 12.1 Å². The van der Waals surface area contributed by atoms with Gasteiger partial charge in [0.1, 0.15) is 5.82 Å². The molecule has 0 atom stereocenters. The average molecular weight is 337 g/mol. The lowest BCUT2D eigenvalue weighted by atomic mass is 10.3. The van der Waals surface area contributed by atoms with Crippen molar-refractivity contribution in [1.29, 1.82) is 0 Å². The Kier molecular flexibility index (Phi) is 4.74. The van der Waals surface area contributed by atoms with Crippen molar-refractivity contribution in [2.75, 3.05) is 23.8 Å². The second-order valence-electron chi connectivity index (χ2n) is 4.36. The number of nitrogens with one attached hydrogen (secondary N) is 1. The topological polar surface area (TPSA) is 32.3 Å². The molecular formula is C15H14BrFN2O. The Balaban J connectivity index is 1.98. The molecule has 20 heavy (non-hydrogen) atoms. The van der Waals surface area contributed by atoms with Crippen LogP contribution in [-0.4, -0.2) is 19.5 Å². The summed E-state index contributed by atoms with van der Waals surface area (Å²) in [6.07, 6.45) is 0. The van der Waals surface area contributed by atoms with Crippen LogP contribution in [0.25, 0.3) is 0 Å². The number of rotatable bonds is 4. The van der Waals surface area contributed by atoms with E-state index >= 15 is 0 Å². The van der Waals surface area contributed by atoms with Crippen LogP contribution < -0.4 is 10.2 Å². The average Bonchev–Trinajstić information content (AvgIpc) is 2.42. The number of anilines is 2. The van der Waals surface area contributed by atoms with Gasteiger partial charge in [-0.3, -0.25) is 4.79 Å². The SMILES string of the molecule is CN(CC(=O)Nc1ccccc1Br)c1ccc(F)cc1. The third kappa shape index (κ3) is 3.81. The van der Waals surface area contributed by atoms with Crippen LogP contribution >= 0.6 is 15.9 Å². The smallest absolute Gasteiger partial charge is 0.243 e. The van der Waals surface area contributed by atoms with E-state index in [1.54, 1.807) is 24.1 Å². The predicted molar refractivity (Wildman–Crippen MR) is 82.4 cm³/mol. The number of likely N-dealkylation sites (N-methyl/N-ethyl adjacent to an activating group) is 1. The predicted octanol–water partition coefficient (Wildman–Crippen LogP) is 3.66. The minimum Gasteiger partial charge on any atom is -0.365 e. The minimum atomic E-state index is -0.292. The normalized spacial score (nSPS) is 10.2. The monoisotopic (exact) mass is 336 g/mol. The standard InChI is InChI=1S/C15H14BrFN2O/c1-19(12-8-6-11(17)7-9-12)10-15(20)18-14-5-3-2-4-13(14)16/h2-9H,10H2,1H3,(H,18,20). The zero-order chi connectivity index (χ0) is 14.5. The van der Waals surface area contributed by atoms with Gasteiger partial charge in [0.25, 0.3) is 0 Å². The molecule has 2 aromatic carbocycles. The van der Waals surface area contributed by atoms with Crippen molar-refractivity contribution in [1.82, 2.24) is 0 Å². The molecule has 0 aliphatic heterocycles. The Labute approximate surface area is 125 Å². The van der Waals surface area contributed by atoms with Gasteiger partial charge >= 0.3 is 0 Å². The van der Waals surface area contributed by atoms with Gasteiger partial charge in [-0.05, 0) is 52.3 Å². The molecule has 2 rings (SSSR count). The quantitative estimate of drug-likeness (QED) is 0.923. The Morgan fingerprint density at radius 2 is 1.85 bits per heavy atom. The largest absolute Gasteiger partial charge is 0.365 e. The van der Waals surface area contributed by atoms with Crippen molar-refractivity contribution in [2.45, 2.75) is 0 Å². The molecule has 5 heteroatoms. The molecule has 2 aromatic rings. The molecule has 0 heterocycles. The zero-order valence-electron chi connectivity index (χ0n) is 10.9. The Bertz CT molecular complexity index is 601. The van der Waals surface area contributed by atoms with E-state index in [1.807, 2.05) is 24.3 Å². The first-order valence-corrected chi connectivity index (χ1v) is 6.86. The number of benzene rings is 2. The van der Waals surface area contributed by atoms with Gasteiger partial charge in [0.05, 0.1) is 12.2 Å². The van der Waals surface area contributed by atoms with Crippen LogP contribution in [0.4, 0.5) is 15.8 Å². The highest BCUT2D eigenvalue weighted by Crippen LogP contribution is 2.21. The van der Waals surface area contributed by atoms with Crippen molar-refractivity contribution in [3.63, 3.8) is 0 Å². The summed E-state index contributed by atoms with van der Waals surface area (Å²) in [4.78, 5) is 13.7. The number of hydrogen-bond acceptors (Lipinski definition) is 2. The van der Waals surface area contributed by atoms with Crippen LogP contribution in [0.1, 0.15) is 0 Å². The summed E-state index contributed by atoms with van der Waals surface area (Å²) in [5.74, 6) is -0.427. The molecule has 3 nitrogen and oxygen atoms in total. The Morgan fingerprint density at radius 1 is 1.20 bits per heavy atom. The molecule has 0 radical (unpaired) electrons. The molecule has 0 aliphatic carbocycles. The summed E-state index contributed by atoms with van der Waals surface area (Å²) in [7, 11) is 1.78. The van der Waals surface area contributed by atoms with Crippen molar-refractivity contribution in [3.8, 4) is 0 Å². The fraction of sp³-hybridized carbons (Fsp3) is 0.133. The van der Waals surface area contributed by atoms with Crippen LogP contribution in [0.3, 0.4) is 0 Å². The summed E-state index contributed by atoms with van der Waals surface area (Å²) in [6, 6.07) is 13.4. The summed E-state index contributed by atoms with van der Waals surface area (Å²) in [5.41, 5.74) is 1.51. The summed E-state index contributed by atoms with van der Waals surface area (Å²) >= 11 is 3.37. The molecule has 1 N–H and O–H groups in total. The molecule has 0 fully saturated rings. The van der Waals surface area contributed by atoms with E-state index in [9.17, 15) is 9.18 Å². The summed E-state index contributed by atoms with van der Waals surface area (Å²) < 4.78 is 13.7. The highest BCUT2D eigenvalue weighted by molar-refractivity contribution is 9.10. The molecule has 0 bridgehead atoms. The van der Waals surface area contributed by atoms with Gasteiger partial charge in [-0.2, -0.15) is 0 Å². The van der Waals surface area contributed by atoms with Gasteiger partial charge in [0, 0.05) is 17.2 Å². The Hall–Kier alpha value is -1.88. The molecule has 104 valence electrons. The summed E-state index contributed by atoms with van der Waals surface area (Å²) in [6.45, 7) is 0.187. The number of halogens is 2. The first-order chi connectivity index (χ1) is 9.56. The van der Waals surface area contributed by atoms with E-state index in [4.69, 9.17) is 0 Å². The zero-order valence-corrected chi connectivity index (χ0v) is 12.5. The van der Waals surface area contributed by atoms with Gasteiger partial charge in [-0.25, -0.2) is 4.39 Å². The number of nitrogens with zero attached hydrogens (tertiary/aromatic N) is 1. The molecule has 0 aliphatic rings. The van der Waals surface area contributed by atoms with Crippen molar-refractivity contribution < 1.29 is 9.18 Å². The highest BCUT2D eigenvalue weighted by atomic mass is 79.9. The number of amides is 1. The minimum absolute atomic E-state index is 0.135. The third-order valence-electron chi connectivity index (χ3n) is 2.80. The molecule has 0 unspecified atom stereocenters. The van der Waals surface area contributed by atoms with Crippen LogP contribution in [0.15, 0.2) is 53.0 Å². The van der Waals surface area contributed by atoms with Crippen molar-refractivity contribution in [2.24, 2.45) is 0 Å². The molecular weight excluding hydrogens is 323 g/mol. The second kappa shape index (κ2) is 6.52. The molecule has 0 saturated heterocycles. The van der Waals surface area contributed by atoms with Crippen LogP contribution in [0, 0.1) is 5.82 Å². The van der Waals surface area contributed by atoms with Crippen LogP contribution in [0.2, 0.25) is 0 Å². The first kappa shape index (κ1) is 14.5. The van der Waals surface area contributed by atoms with E-state index in [-0.39, 0.29) is 18.3 Å². The summed E-state index contributed by atoms with van der Waals surface area (Å²) in [5, 5.41) is 2.82. The van der Waals surface area contributed by atoms with E-state index in [0.29, 0.717) is 0 Å². The van der Waals surface area contributed by atoms with Gasteiger partial charge in [0.2, 0.25) is 5.91 Å². The maximum Gasteiger partial charge on any atom is 0.243 e. The van der Waals surface area contributed by atoms with Gasteiger partial charge in [-0.15, -0.1) is 0 Å². The van der Waals surface area contributed by atoms with E-state index in [1.165, 1.54) is 12.1 Å². The fourth-order valence-corrected chi connectivity index (χ4v) is 2.14. The van der Waals surface area contributed by atoms with E-state index < -0.39 is 0 Å². The number of carbonyl (C=O) groups excluding carboxylic acids is 1. The number of para-hydroxylation sites is 1. The molecule has 0 aromatic heterocycles. The first-order valence-electron chi connectivity index (χ1n) is 6.07. The van der Waals surface area contributed by atoms with Crippen LogP contribution in [0.5, 0.6) is 0 Å². The lowest BCUT2D eigenvalue weighted by Crippen LogP contribution is -2.30. The second-order valence-corrected chi connectivity index (χ2v) is 5.21. The van der Waals surface area contributed by atoms with Gasteiger partial charge in [0.15, 0.2) is 0 Å². The van der Waals surface area contributed by atoms with Gasteiger partial charge < -0.3 is 10.2 Å². The number of carbonyl (C=O) groups is 1. The van der Waals surface area contributed by atoms with E-state index in [0.717, 1.165) is 15.8 Å². The Morgan fingerprint density at radius 3 is 2.50 bits per heavy atom. The lowest BCUT2D eigenvalue weighted by Gasteiger charge is -2.19. The van der Waals surface area contributed by atoms with Crippen molar-refractivity contribution >= 4 is 33.2 Å². The lowest BCUT2D eigenvalue weighted by molar-refractivity contribution is -0.114. The van der Waals surface area contributed by atoms with Crippen LogP contribution in [-0.2, 0) is 4.79 Å². The number of hydrogen-bond donors (Lipinski definition) is 1. The van der Waals surface area contributed by atoms with E-state index in [2.05, 4.69) is 21.2 Å². The maximum absolute atomic E-state index is 12.8. The molecule has 0 saturated carbocycles. The fourth-order valence-electron chi connectivity index (χ4n) is 1.75.